The lowest BCUT2D eigenvalue weighted by Gasteiger charge is -0.345. The van der Waals surface area contributed by atoms with Crippen molar-refractivity contribution >= 4 is 20.8 Å². The molecule has 2 nitrogen and oxygen atoms in total. The molecule has 0 aliphatic heterocycles. The Kier molecular flexibility index (Phi) is 34000. The molecule has 0 aliphatic rings. The molecule has 6 N–H and O–H groups in total. The molecule has 27 valence electrons. The summed E-state index contributed by atoms with van der Waals surface area (Å²) in [7, 11) is 0. The number of hydrogen-bond acceptors (Lipinski definition) is 2. The third kappa shape index (κ3) is 48.9. The van der Waals surface area contributed by atoms with E-state index < -0.39 is 0 Å². The molecule has 0 saturated heterocycles. The van der Waals surface area contributed by atoms with Crippen molar-refractivity contribution < 1.29 is 0 Å². The van der Waals surface area contributed by atoms with Crippen LogP contribution in [0.2, 0.25) is 0 Å². The lowest BCUT2D eigenvalue weighted by Crippen LogP contribution is -0.482. The van der Waals surface area contributed by atoms with Gasteiger partial charge in [-0.25, -0.2) is 0 Å². The molecule has 0 atom stereocenters. The highest BCUT2D eigenvalue weighted by molar-refractivity contribution is 5.85. The summed E-state index contributed by atoms with van der Waals surface area (Å²) in [5.74, 6) is 0. The third-order valence-electron chi connectivity index (χ3n) is 0. The maximum absolute atomic E-state index is 0. The van der Waals surface area contributed by atoms with Crippen LogP contribution >= 0.6 is 12.4 Å². The van der Waals surface area contributed by atoms with E-state index in [0.717, 1.165) is 0 Å². The molecular formula is H7BClN2. The van der Waals surface area contributed by atoms with Gasteiger partial charge in [-0.1, -0.05) is 0 Å². The average Bonchev–Trinajstić information content (AvgIpc) is 0. The monoisotopic (exact) mass is 81.0 g/mol. The van der Waals surface area contributed by atoms with Crippen LogP contribution in [0.15, 0.2) is 0 Å². The number of rotatable bonds is 0. The first-order valence-corrected chi connectivity index (χ1v) is 0. The second kappa shape index (κ2) is 224. The quantitative estimate of drug-likeness (QED) is 0.413. The fraction of sp³-hybridized carbons (Fsp3) is 0. The van der Waals surface area contributed by atoms with Crippen molar-refractivity contribution in [1.29, 1.82) is 0 Å². The Bertz CT molecular complexity index is 6.00. The summed E-state index contributed by atoms with van der Waals surface area (Å²) in [6, 6.07) is 0. The molecule has 0 aromatic heterocycles. The highest BCUT2D eigenvalue weighted by Gasteiger charge is 0.0000127. The van der Waals surface area contributed by atoms with E-state index in [9.17, 15) is 0 Å². The van der Waals surface area contributed by atoms with E-state index in [0.29, 0.717) is 0 Å². The van der Waals surface area contributed by atoms with Crippen molar-refractivity contribution in [3.05, 3.63) is 0 Å². The Morgan fingerprint density at radius 3 is 0.750 bits per heavy atom. The summed E-state index contributed by atoms with van der Waals surface area (Å²) in [6.07, 6.45) is 0. The van der Waals surface area contributed by atoms with Gasteiger partial charge in [-0.3, -0.25) is 0 Å². The zero-order chi connectivity index (χ0) is 0. The number of halogens is 1. The molecule has 0 rings (SSSR count). The summed E-state index contributed by atoms with van der Waals surface area (Å²) >= 11 is 0. The van der Waals surface area contributed by atoms with E-state index in [1.165, 1.54) is 0 Å². The molecule has 0 aliphatic carbocycles. The molecule has 0 saturated carbocycles. The summed E-state index contributed by atoms with van der Waals surface area (Å²) in [5, 5.41) is 0. The van der Waals surface area contributed by atoms with Gasteiger partial charge < -0.3 is 12.3 Å². The predicted octanol–water partition coefficient (Wildman–Crippen LogP) is 0.365. The Morgan fingerprint density at radius 1 is 0.750 bits per heavy atom. The van der Waals surface area contributed by atoms with Crippen LogP contribution in [-0.4, -0.2) is 8.41 Å². The van der Waals surface area contributed by atoms with E-state index in [-0.39, 0.29) is 33.1 Å². The highest BCUT2D eigenvalue weighted by atomic mass is 35.5. The Balaban J connectivity index is 0. The lowest BCUT2D eigenvalue weighted by molar-refractivity contribution is 2.13. The van der Waals surface area contributed by atoms with Crippen LogP contribution < -0.4 is 12.3 Å². The molecule has 4 heavy (non-hydrogen) atoms. The zero-order valence-corrected chi connectivity index (χ0v) is 3.22. The normalized spacial score (nSPS) is 0. The van der Waals surface area contributed by atoms with Crippen LogP contribution in [-0.2, 0) is 0 Å². The van der Waals surface area contributed by atoms with Crippen molar-refractivity contribution in [3.63, 3.8) is 0 Å². The summed E-state index contributed by atoms with van der Waals surface area (Å²) in [6.45, 7) is 0. The topological polar surface area (TPSA) is 70.0 Å². The Labute approximate surface area is 34.1 Å². The fourth-order valence-corrected chi connectivity index (χ4v) is 0. The predicted molar refractivity (Wildman–Crippen MR) is 23.0 cm³/mol. The van der Waals surface area contributed by atoms with Gasteiger partial charge in [0.05, 0.1) is 0 Å². The molecular weight excluding hydrogens is 74.3 g/mol. The van der Waals surface area contributed by atoms with Crippen molar-refractivity contribution in [2.45, 2.75) is 0 Å². The van der Waals surface area contributed by atoms with Crippen molar-refractivity contribution in [2.75, 3.05) is 0 Å². The number of hydrogen-bond donors (Lipinski definition) is 2. The van der Waals surface area contributed by atoms with Gasteiger partial charge >= 0.3 is 0 Å². The van der Waals surface area contributed by atoms with E-state index in [1.54, 1.807) is 0 Å². The molecule has 0 heterocycles. The summed E-state index contributed by atoms with van der Waals surface area (Å²) < 4.78 is 0. The molecule has 0 unspecified atom stereocenters. The Morgan fingerprint density at radius 2 is 0.750 bits per heavy atom. The van der Waals surface area contributed by atoms with Crippen LogP contribution in [0.3, 0.4) is 0 Å². The standard InChI is InChI=1S/B.ClH.2H3N/h;1H;2*1H3. The van der Waals surface area contributed by atoms with Gasteiger partial charge in [0.2, 0.25) is 0 Å². The van der Waals surface area contributed by atoms with Crippen LogP contribution in [0.4, 0.5) is 0 Å². The fourth-order valence-electron chi connectivity index (χ4n) is 0. The third-order valence-corrected chi connectivity index (χ3v) is 0. The zero-order valence-electron chi connectivity index (χ0n) is 2.40. The maximum Gasteiger partial charge on any atom is 0 e. The van der Waals surface area contributed by atoms with Gasteiger partial charge in [0.1, 0.15) is 0 Å². The van der Waals surface area contributed by atoms with Crippen LogP contribution in [0.25, 0.3) is 0 Å². The van der Waals surface area contributed by atoms with E-state index in [2.05, 4.69) is 0 Å². The van der Waals surface area contributed by atoms with Crippen LogP contribution in [0, 0.1) is 0 Å². The minimum absolute atomic E-state index is 0. The summed E-state index contributed by atoms with van der Waals surface area (Å²) in [4.78, 5) is 0. The first-order chi connectivity index (χ1) is 0. The molecule has 0 amide bonds. The maximum atomic E-state index is 0. The van der Waals surface area contributed by atoms with Crippen molar-refractivity contribution in [1.82, 2.24) is 12.3 Å². The average molecular weight is 81.3 g/mol. The minimum Gasteiger partial charge on any atom is -0.344 e. The van der Waals surface area contributed by atoms with Gasteiger partial charge in [-0.15, -0.1) is 12.4 Å². The Hall–Kier alpha value is 0.275. The molecule has 0 aromatic carbocycles. The van der Waals surface area contributed by atoms with Crippen LogP contribution in [0.5, 0.6) is 0 Å². The SMILES string of the molecule is Cl.N.N.[B]. The molecule has 0 aromatic rings. The highest BCUT2D eigenvalue weighted by Crippen LogP contribution is 0.690. The van der Waals surface area contributed by atoms with Gasteiger partial charge in [0.25, 0.3) is 0 Å². The van der Waals surface area contributed by atoms with Crippen molar-refractivity contribution in [3.8, 4) is 0 Å². The molecule has 0 spiro atoms. The lowest BCUT2D eigenvalue weighted by atomic mass is 10.8. The second-order valence-electron chi connectivity index (χ2n) is 0. The summed E-state index contributed by atoms with van der Waals surface area (Å²) in [5.41, 5.74) is 0. The molecule has 0 fully saturated rings. The smallest absolute Gasteiger partial charge is 0 e. The van der Waals surface area contributed by atoms with Gasteiger partial charge in [-0.2, -0.15) is 0 Å². The van der Waals surface area contributed by atoms with Crippen LogP contribution in [0.1, 0.15) is 0 Å². The molecule has 0 bridgehead atoms. The second-order valence-corrected chi connectivity index (χ2v) is 0. The van der Waals surface area contributed by atoms with Gasteiger partial charge in [0, 0.05) is 8.41 Å². The largest absolute Gasteiger partial charge is 0.344 e. The molecule has 3 radical (unpaired) electrons. The van der Waals surface area contributed by atoms with E-state index in [1.807, 2.05) is 0 Å². The minimum atomic E-state index is 0. The van der Waals surface area contributed by atoms with Gasteiger partial charge in [0.15, 0.2) is 0 Å². The van der Waals surface area contributed by atoms with E-state index in [4.69, 9.17) is 0 Å². The van der Waals surface area contributed by atoms with Gasteiger partial charge in [-0.05, 0) is 0 Å². The first-order valence-electron chi connectivity index (χ1n) is 0. The van der Waals surface area contributed by atoms with E-state index >= 15 is 0 Å². The van der Waals surface area contributed by atoms with Crippen molar-refractivity contribution in [2.24, 2.45) is 0 Å². The molecule has 4 heteroatoms. The first kappa shape index (κ1) is 607.